The summed E-state index contributed by atoms with van der Waals surface area (Å²) < 4.78 is 8.42. The normalized spacial score (nSPS) is 19.4. The highest BCUT2D eigenvalue weighted by Crippen LogP contribution is 2.31. The van der Waals surface area contributed by atoms with Crippen LogP contribution in [0.4, 0.5) is 5.69 Å². The number of thiocarbonyl (C=S) groups is 1. The summed E-state index contributed by atoms with van der Waals surface area (Å²) in [5, 5.41) is 4.34. The van der Waals surface area contributed by atoms with E-state index in [4.69, 9.17) is 17.0 Å². The van der Waals surface area contributed by atoms with Crippen LogP contribution in [0.5, 0.6) is 0 Å². The molecular formula is C26H25BrN4O3S. The summed E-state index contributed by atoms with van der Waals surface area (Å²) in [5.41, 5.74) is 2.94. The molecule has 0 bridgehead atoms. The molecule has 1 atom stereocenters. The largest absolute Gasteiger partial charge is 0.376 e. The number of carbonyl (C=O) groups excluding carboxylic acids is 2. The molecule has 2 aromatic carbocycles. The van der Waals surface area contributed by atoms with Crippen molar-refractivity contribution in [1.29, 1.82) is 0 Å². The summed E-state index contributed by atoms with van der Waals surface area (Å²) in [5.74, 6) is -0.265. The van der Waals surface area contributed by atoms with Gasteiger partial charge in [0, 0.05) is 47.3 Å². The zero-order valence-corrected chi connectivity index (χ0v) is 21.6. The highest BCUT2D eigenvalue weighted by Gasteiger charge is 2.36. The molecule has 2 saturated heterocycles. The number of carbonyl (C=O) groups is 2. The van der Waals surface area contributed by atoms with Gasteiger partial charge in [-0.2, -0.15) is 0 Å². The van der Waals surface area contributed by atoms with Crippen molar-refractivity contribution in [3.63, 3.8) is 0 Å². The first kappa shape index (κ1) is 23.7. The van der Waals surface area contributed by atoms with Crippen LogP contribution in [0, 0.1) is 0 Å². The van der Waals surface area contributed by atoms with Gasteiger partial charge in [0.25, 0.3) is 5.91 Å². The molecule has 0 aliphatic carbocycles. The number of likely N-dealkylation sites (N-methyl/N-ethyl adjacent to an activating group) is 1. The third-order valence-corrected chi connectivity index (χ3v) is 7.26. The second-order valence-electron chi connectivity index (χ2n) is 8.66. The topological polar surface area (TPSA) is 66.8 Å². The van der Waals surface area contributed by atoms with E-state index in [2.05, 4.69) is 21.2 Å². The van der Waals surface area contributed by atoms with Gasteiger partial charge in [0.05, 0.1) is 11.8 Å². The van der Waals surface area contributed by atoms with Gasteiger partial charge in [0.15, 0.2) is 5.11 Å². The van der Waals surface area contributed by atoms with E-state index in [-0.39, 0.29) is 24.5 Å². The number of aromatic nitrogens is 1. The minimum Gasteiger partial charge on any atom is -0.376 e. The van der Waals surface area contributed by atoms with Gasteiger partial charge >= 0.3 is 0 Å². The molecule has 0 radical (unpaired) electrons. The average Bonchev–Trinajstić information content (AvgIpc) is 3.54. The van der Waals surface area contributed by atoms with E-state index in [0.717, 1.165) is 46.1 Å². The zero-order valence-electron chi connectivity index (χ0n) is 19.2. The van der Waals surface area contributed by atoms with E-state index >= 15 is 0 Å². The Morgan fingerprint density at radius 2 is 2.06 bits per heavy atom. The molecule has 7 nitrogen and oxygen atoms in total. The van der Waals surface area contributed by atoms with Crippen LogP contribution in [-0.4, -0.2) is 52.7 Å². The van der Waals surface area contributed by atoms with E-state index in [1.807, 2.05) is 65.4 Å². The highest BCUT2D eigenvalue weighted by molar-refractivity contribution is 9.10. The fraction of sp³-hybridized carbons (Fsp3) is 0.269. The molecule has 3 heterocycles. The number of fused-ring (bicyclic) bond motifs is 1. The monoisotopic (exact) mass is 552 g/mol. The molecule has 3 aromatic rings. The van der Waals surface area contributed by atoms with Crippen molar-refractivity contribution in [3.8, 4) is 0 Å². The maximum absolute atomic E-state index is 13.4. The zero-order chi connectivity index (χ0) is 24.5. The van der Waals surface area contributed by atoms with Gasteiger partial charge in [-0.05, 0) is 61.5 Å². The Hall–Kier alpha value is -3.01. The molecule has 0 unspecified atom stereocenters. The number of nitrogens with one attached hydrogen (secondary N) is 1. The lowest BCUT2D eigenvalue weighted by Crippen LogP contribution is -2.34. The number of benzene rings is 2. The van der Waals surface area contributed by atoms with Crippen LogP contribution in [-0.2, 0) is 20.9 Å². The number of para-hydroxylation sites is 1. The van der Waals surface area contributed by atoms with Gasteiger partial charge < -0.3 is 19.5 Å². The number of halogens is 1. The maximum atomic E-state index is 13.4. The number of anilines is 1. The molecule has 2 fully saturated rings. The first-order valence-electron chi connectivity index (χ1n) is 11.5. The number of amides is 2. The summed E-state index contributed by atoms with van der Waals surface area (Å²) >= 11 is 9.13. The summed E-state index contributed by atoms with van der Waals surface area (Å²) in [4.78, 5) is 29.3. The van der Waals surface area contributed by atoms with E-state index in [1.54, 1.807) is 11.9 Å². The van der Waals surface area contributed by atoms with E-state index in [9.17, 15) is 9.59 Å². The molecule has 0 saturated carbocycles. The van der Waals surface area contributed by atoms with Crippen LogP contribution in [0.25, 0.3) is 17.0 Å². The minimum absolute atomic E-state index is 0.0787. The predicted molar refractivity (Wildman–Crippen MR) is 144 cm³/mol. The van der Waals surface area contributed by atoms with Gasteiger partial charge in [-0.25, -0.2) is 0 Å². The predicted octanol–water partition coefficient (Wildman–Crippen LogP) is 4.30. The summed E-state index contributed by atoms with van der Waals surface area (Å²) in [7, 11) is 1.79. The van der Waals surface area contributed by atoms with E-state index < -0.39 is 0 Å². The number of ether oxygens (including phenoxy) is 1. The molecule has 180 valence electrons. The Balaban J connectivity index is 1.45. The lowest BCUT2D eigenvalue weighted by atomic mass is 10.1. The Labute approximate surface area is 217 Å². The number of rotatable bonds is 6. The van der Waals surface area contributed by atoms with Crippen LogP contribution in [0.1, 0.15) is 18.4 Å². The fourth-order valence-corrected chi connectivity index (χ4v) is 5.14. The van der Waals surface area contributed by atoms with Crippen molar-refractivity contribution in [1.82, 2.24) is 14.8 Å². The summed E-state index contributed by atoms with van der Waals surface area (Å²) in [6.45, 7) is 1.45. The van der Waals surface area contributed by atoms with Crippen molar-refractivity contribution >= 4 is 67.7 Å². The van der Waals surface area contributed by atoms with Crippen molar-refractivity contribution in [2.45, 2.75) is 25.5 Å². The Bertz CT molecular complexity index is 1330. The molecular weight excluding hydrogens is 528 g/mol. The third kappa shape index (κ3) is 4.76. The first-order valence-corrected chi connectivity index (χ1v) is 12.7. The smallest absolute Gasteiger partial charge is 0.281 e. The van der Waals surface area contributed by atoms with Crippen LogP contribution >= 0.6 is 28.1 Å². The van der Waals surface area contributed by atoms with Gasteiger partial charge in [-0.15, -0.1) is 0 Å². The molecule has 2 aliphatic rings. The Morgan fingerprint density at radius 3 is 2.80 bits per heavy atom. The van der Waals surface area contributed by atoms with Crippen LogP contribution in [0.3, 0.4) is 0 Å². The average molecular weight is 553 g/mol. The van der Waals surface area contributed by atoms with Gasteiger partial charge in [-0.3, -0.25) is 14.5 Å². The fourth-order valence-electron chi connectivity index (χ4n) is 4.49. The molecule has 1 N–H and O–H groups in total. The summed E-state index contributed by atoms with van der Waals surface area (Å²) in [6, 6.07) is 15.3. The van der Waals surface area contributed by atoms with Crippen molar-refractivity contribution in [2.24, 2.45) is 0 Å². The van der Waals surface area contributed by atoms with Crippen LogP contribution in [0.15, 0.2) is 64.9 Å². The molecule has 2 amide bonds. The molecule has 9 heteroatoms. The van der Waals surface area contributed by atoms with E-state index in [0.29, 0.717) is 17.4 Å². The second-order valence-corrected chi connectivity index (χ2v) is 9.94. The molecule has 2 aliphatic heterocycles. The standard InChI is InChI=1S/C26H25BrN4O3S/c1-29-23(25(33)31(26(29)35)19-6-3-2-4-7-19)12-17-15-30(22-10-9-18(27)13-21(17)22)16-24(32)28-14-20-8-5-11-34-20/h2-4,6-7,9-10,12-13,15,20H,5,8,11,14,16H2,1H3,(H,28,32)/b23-12-/t20-/m0/s1. The van der Waals surface area contributed by atoms with Crippen LogP contribution < -0.4 is 10.2 Å². The quantitative estimate of drug-likeness (QED) is 0.364. The maximum Gasteiger partial charge on any atom is 0.281 e. The van der Waals surface area contributed by atoms with Crippen molar-refractivity contribution in [2.75, 3.05) is 25.1 Å². The Morgan fingerprint density at radius 1 is 1.26 bits per heavy atom. The van der Waals surface area contributed by atoms with Crippen LogP contribution in [0.2, 0.25) is 0 Å². The first-order chi connectivity index (χ1) is 16.9. The van der Waals surface area contributed by atoms with Crippen molar-refractivity contribution < 1.29 is 14.3 Å². The SMILES string of the molecule is CN1C(=S)N(c2ccccc2)C(=O)/C1=C/c1cn(CC(=O)NC[C@@H]2CCCO2)c2ccc(Br)cc12. The van der Waals surface area contributed by atoms with Crippen molar-refractivity contribution in [3.05, 3.63) is 70.5 Å². The summed E-state index contributed by atoms with van der Waals surface area (Å²) in [6.07, 6.45) is 5.85. The van der Waals surface area contributed by atoms with E-state index in [1.165, 1.54) is 4.90 Å². The number of hydrogen-bond donors (Lipinski definition) is 1. The lowest BCUT2D eigenvalue weighted by Gasteiger charge is -2.16. The van der Waals surface area contributed by atoms with Gasteiger partial charge in [0.1, 0.15) is 12.2 Å². The third-order valence-electron chi connectivity index (χ3n) is 6.31. The molecule has 0 spiro atoms. The second kappa shape index (κ2) is 9.93. The Kier molecular flexibility index (Phi) is 6.73. The minimum atomic E-state index is -0.186. The van der Waals surface area contributed by atoms with Gasteiger partial charge in [0.2, 0.25) is 5.91 Å². The lowest BCUT2D eigenvalue weighted by molar-refractivity contribution is -0.122. The molecule has 5 rings (SSSR count). The number of nitrogens with zero attached hydrogens (tertiary/aromatic N) is 3. The molecule has 1 aromatic heterocycles. The number of hydrogen-bond acceptors (Lipinski definition) is 4. The molecule has 35 heavy (non-hydrogen) atoms. The van der Waals surface area contributed by atoms with Gasteiger partial charge in [-0.1, -0.05) is 34.1 Å². The highest BCUT2D eigenvalue weighted by atomic mass is 79.9.